The van der Waals surface area contributed by atoms with Gasteiger partial charge in [-0.2, -0.15) is 0 Å². The van der Waals surface area contributed by atoms with Gasteiger partial charge in [0.2, 0.25) is 0 Å². The summed E-state index contributed by atoms with van der Waals surface area (Å²) in [5, 5.41) is 3.45. The second-order valence-electron chi connectivity index (χ2n) is 6.18. The van der Waals surface area contributed by atoms with E-state index in [2.05, 4.69) is 34.3 Å². The van der Waals surface area contributed by atoms with Crippen LogP contribution in [-0.2, 0) is 0 Å². The standard InChI is InChI=1S/C15H25N3/c1-12-3-2-4-14(9-12)18-11-17-10-15(18)13-5-7-16-8-6-13/h10-14,16H,2-9H2,1H3. The third-order valence-electron chi connectivity index (χ3n) is 4.76. The Labute approximate surface area is 110 Å². The van der Waals surface area contributed by atoms with E-state index in [1.165, 1.54) is 44.2 Å². The van der Waals surface area contributed by atoms with Gasteiger partial charge in [0.25, 0.3) is 0 Å². The van der Waals surface area contributed by atoms with Gasteiger partial charge < -0.3 is 9.88 Å². The van der Waals surface area contributed by atoms with Crippen LogP contribution in [0.1, 0.15) is 63.1 Å². The number of rotatable bonds is 2. The maximum Gasteiger partial charge on any atom is 0.0950 e. The summed E-state index contributed by atoms with van der Waals surface area (Å²) in [6.45, 7) is 4.72. The maximum absolute atomic E-state index is 4.44. The van der Waals surface area contributed by atoms with Gasteiger partial charge in [-0.3, -0.25) is 0 Å². The van der Waals surface area contributed by atoms with Crippen LogP contribution in [0.3, 0.4) is 0 Å². The first-order valence-corrected chi connectivity index (χ1v) is 7.57. The highest BCUT2D eigenvalue weighted by atomic mass is 15.1. The summed E-state index contributed by atoms with van der Waals surface area (Å²) >= 11 is 0. The van der Waals surface area contributed by atoms with E-state index in [1.807, 2.05) is 0 Å². The van der Waals surface area contributed by atoms with Crippen molar-refractivity contribution in [2.24, 2.45) is 5.92 Å². The Morgan fingerprint density at radius 1 is 1.22 bits per heavy atom. The van der Waals surface area contributed by atoms with Crippen LogP contribution in [0.15, 0.2) is 12.5 Å². The van der Waals surface area contributed by atoms with Gasteiger partial charge in [0.05, 0.1) is 6.33 Å². The molecule has 3 rings (SSSR count). The molecule has 1 aromatic rings. The lowest BCUT2D eigenvalue weighted by Gasteiger charge is -2.31. The second-order valence-corrected chi connectivity index (χ2v) is 6.18. The summed E-state index contributed by atoms with van der Waals surface area (Å²) in [5.74, 6) is 1.61. The largest absolute Gasteiger partial charge is 0.331 e. The van der Waals surface area contributed by atoms with Gasteiger partial charge >= 0.3 is 0 Å². The van der Waals surface area contributed by atoms with Crippen LogP contribution in [-0.4, -0.2) is 22.6 Å². The molecule has 0 radical (unpaired) electrons. The van der Waals surface area contributed by atoms with E-state index in [9.17, 15) is 0 Å². The molecule has 2 atom stereocenters. The van der Waals surface area contributed by atoms with Crippen LogP contribution in [0.5, 0.6) is 0 Å². The Bertz CT molecular complexity index is 379. The quantitative estimate of drug-likeness (QED) is 0.870. The highest BCUT2D eigenvalue weighted by Crippen LogP contribution is 2.35. The summed E-state index contributed by atoms with van der Waals surface area (Å²) in [5.41, 5.74) is 1.50. The van der Waals surface area contributed by atoms with Gasteiger partial charge in [-0.1, -0.05) is 19.8 Å². The van der Waals surface area contributed by atoms with Crippen molar-refractivity contribution in [3.8, 4) is 0 Å². The molecule has 2 aliphatic rings. The molecule has 1 aliphatic carbocycles. The van der Waals surface area contributed by atoms with E-state index in [4.69, 9.17) is 0 Å². The molecule has 2 heterocycles. The molecule has 3 heteroatoms. The molecule has 2 fully saturated rings. The number of hydrogen-bond donors (Lipinski definition) is 1. The lowest BCUT2D eigenvalue weighted by Crippen LogP contribution is -2.28. The molecule has 1 saturated carbocycles. The molecular formula is C15H25N3. The lowest BCUT2D eigenvalue weighted by molar-refractivity contribution is 0.273. The molecule has 2 unspecified atom stereocenters. The number of hydrogen-bond acceptors (Lipinski definition) is 2. The van der Waals surface area contributed by atoms with Crippen molar-refractivity contribution in [1.29, 1.82) is 0 Å². The molecule has 0 spiro atoms. The Hall–Kier alpha value is -0.830. The highest BCUT2D eigenvalue weighted by Gasteiger charge is 2.25. The smallest absolute Gasteiger partial charge is 0.0950 e. The van der Waals surface area contributed by atoms with E-state index in [0.717, 1.165) is 24.9 Å². The summed E-state index contributed by atoms with van der Waals surface area (Å²) < 4.78 is 2.51. The fourth-order valence-electron chi connectivity index (χ4n) is 3.71. The number of imidazole rings is 1. The second kappa shape index (κ2) is 5.43. The fraction of sp³-hybridized carbons (Fsp3) is 0.800. The zero-order valence-corrected chi connectivity index (χ0v) is 11.4. The van der Waals surface area contributed by atoms with Gasteiger partial charge in [0.15, 0.2) is 0 Å². The number of nitrogens with zero attached hydrogens (tertiary/aromatic N) is 2. The third-order valence-corrected chi connectivity index (χ3v) is 4.76. The van der Waals surface area contributed by atoms with Crippen LogP contribution < -0.4 is 5.32 Å². The molecule has 1 N–H and O–H groups in total. The Kier molecular flexibility index (Phi) is 3.69. The minimum Gasteiger partial charge on any atom is -0.331 e. The first-order valence-electron chi connectivity index (χ1n) is 7.57. The van der Waals surface area contributed by atoms with Gasteiger partial charge in [-0.05, 0) is 44.7 Å². The van der Waals surface area contributed by atoms with Gasteiger partial charge in [0.1, 0.15) is 0 Å². The Balaban J connectivity index is 1.77. The first-order chi connectivity index (χ1) is 8.84. The molecule has 0 aromatic carbocycles. The van der Waals surface area contributed by atoms with Crippen molar-refractivity contribution in [1.82, 2.24) is 14.9 Å². The van der Waals surface area contributed by atoms with Crippen molar-refractivity contribution in [2.45, 2.75) is 57.4 Å². The minimum atomic E-state index is 0.709. The molecule has 1 aromatic heterocycles. The summed E-state index contributed by atoms with van der Waals surface area (Å²) in [6, 6.07) is 0.709. The van der Waals surface area contributed by atoms with Crippen molar-refractivity contribution in [3.05, 3.63) is 18.2 Å². The number of piperidine rings is 1. The third kappa shape index (κ3) is 2.46. The van der Waals surface area contributed by atoms with E-state index >= 15 is 0 Å². The molecule has 0 bridgehead atoms. The van der Waals surface area contributed by atoms with Crippen molar-refractivity contribution >= 4 is 0 Å². The van der Waals surface area contributed by atoms with Crippen LogP contribution in [0, 0.1) is 5.92 Å². The van der Waals surface area contributed by atoms with Crippen molar-refractivity contribution in [3.63, 3.8) is 0 Å². The van der Waals surface area contributed by atoms with Crippen LogP contribution in [0.2, 0.25) is 0 Å². The Morgan fingerprint density at radius 2 is 2.06 bits per heavy atom. The van der Waals surface area contributed by atoms with Crippen molar-refractivity contribution in [2.75, 3.05) is 13.1 Å². The molecule has 1 saturated heterocycles. The van der Waals surface area contributed by atoms with Crippen LogP contribution in [0.25, 0.3) is 0 Å². The first kappa shape index (κ1) is 12.2. The molecule has 0 amide bonds. The fourth-order valence-corrected chi connectivity index (χ4v) is 3.71. The van der Waals surface area contributed by atoms with E-state index in [-0.39, 0.29) is 0 Å². The zero-order valence-electron chi connectivity index (χ0n) is 11.4. The average molecular weight is 247 g/mol. The zero-order chi connectivity index (χ0) is 12.4. The van der Waals surface area contributed by atoms with Crippen LogP contribution >= 0.6 is 0 Å². The maximum atomic E-state index is 4.44. The monoisotopic (exact) mass is 247 g/mol. The van der Waals surface area contributed by atoms with Gasteiger partial charge in [-0.15, -0.1) is 0 Å². The number of nitrogens with one attached hydrogen (secondary N) is 1. The lowest BCUT2D eigenvalue weighted by atomic mass is 9.86. The highest BCUT2D eigenvalue weighted by molar-refractivity contribution is 5.09. The minimum absolute atomic E-state index is 0.709. The van der Waals surface area contributed by atoms with Gasteiger partial charge in [0, 0.05) is 23.9 Å². The Morgan fingerprint density at radius 3 is 2.83 bits per heavy atom. The molecule has 3 nitrogen and oxygen atoms in total. The van der Waals surface area contributed by atoms with E-state index < -0.39 is 0 Å². The molecule has 1 aliphatic heterocycles. The predicted octanol–water partition coefficient (Wildman–Crippen LogP) is 3.10. The topological polar surface area (TPSA) is 29.9 Å². The number of aromatic nitrogens is 2. The normalized spacial score (nSPS) is 30.5. The summed E-state index contributed by atoms with van der Waals surface area (Å²) in [6.07, 6.45) is 12.2. The predicted molar refractivity (Wildman–Crippen MR) is 73.7 cm³/mol. The van der Waals surface area contributed by atoms with E-state index in [0.29, 0.717) is 6.04 Å². The molecule has 18 heavy (non-hydrogen) atoms. The van der Waals surface area contributed by atoms with Gasteiger partial charge in [-0.25, -0.2) is 4.98 Å². The molecular weight excluding hydrogens is 222 g/mol. The molecule has 100 valence electrons. The SMILES string of the molecule is CC1CCCC(n2cncc2C2CCNCC2)C1. The summed E-state index contributed by atoms with van der Waals surface area (Å²) in [4.78, 5) is 4.44. The summed E-state index contributed by atoms with van der Waals surface area (Å²) in [7, 11) is 0. The van der Waals surface area contributed by atoms with Crippen molar-refractivity contribution < 1.29 is 0 Å². The van der Waals surface area contributed by atoms with Crippen LogP contribution in [0.4, 0.5) is 0 Å². The average Bonchev–Trinajstić information content (AvgIpc) is 2.89. The van der Waals surface area contributed by atoms with E-state index in [1.54, 1.807) is 0 Å².